The summed E-state index contributed by atoms with van der Waals surface area (Å²) in [5, 5.41) is 104. The van der Waals surface area contributed by atoms with Gasteiger partial charge >= 0.3 is 0 Å². The molecule has 11 heteroatoms. The summed E-state index contributed by atoms with van der Waals surface area (Å²) in [5.41, 5.74) is 8.30. The molecule has 338 valence electrons. The van der Waals surface area contributed by atoms with Crippen molar-refractivity contribution in [2.75, 3.05) is 0 Å². The fourth-order valence-corrected chi connectivity index (χ4v) is 12.2. The van der Waals surface area contributed by atoms with Gasteiger partial charge in [-0.2, -0.15) is 0 Å². The summed E-state index contributed by atoms with van der Waals surface area (Å²) in [7, 11) is 0. The predicted octanol–water partition coefficient (Wildman–Crippen LogP) is 11.0. The molecule has 2 aliphatic carbocycles. The standard InChI is InChI=1S/C57H44O11/c1-26-17-38-48(42(65)18-26)47(30-3-2-4-34(61)19-30)53(41-22-37(64)24-44-50(41)54(38)56(67-44)28-7-13-32(59)14-8-28)52-40-21-36(63)25-45-51(40)55(57(68-45)29-9-15-33(60)16-10-29)39-20-35(62)23-43(66)49(39)46(52)27-5-11-31(58)12-6-27/h2-25,46-47,52-66H,1H3/t46-,47-,52-,53+,54-,55-,56+,57+/m1/s1. The van der Waals surface area contributed by atoms with Crippen LogP contribution >= 0.6 is 0 Å². The molecule has 2 aliphatic heterocycles. The number of aromatic hydroxyl groups is 9. The van der Waals surface area contributed by atoms with Crippen LogP contribution in [0.2, 0.25) is 0 Å². The fourth-order valence-electron chi connectivity index (χ4n) is 12.2. The van der Waals surface area contributed by atoms with Gasteiger partial charge in [0.05, 0.1) is 11.8 Å². The average molecular weight is 905 g/mol. The zero-order valence-corrected chi connectivity index (χ0v) is 36.3. The molecule has 9 N–H and O–H groups in total. The Bertz CT molecular complexity index is 3350. The third-order valence-electron chi connectivity index (χ3n) is 14.6. The predicted molar refractivity (Wildman–Crippen MR) is 251 cm³/mol. The highest BCUT2D eigenvalue weighted by molar-refractivity contribution is 5.70. The van der Waals surface area contributed by atoms with E-state index in [1.165, 1.54) is 6.07 Å². The third kappa shape index (κ3) is 6.26. The molecule has 0 amide bonds. The Morgan fingerprint density at radius 3 is 1.25 bits per heavy atom. The van der Waals surface area contributed by atoms with Crippen LogP contribution in [0.4, 0.5) is 0 Å². The van der Waals surface area contributed by atoms with E-state index in [0.717, 1.165) is 22.3 Å². The number of benzene rings is 8. The van der Waals surface area contributed by atoms with Crippen molar-refractivity contribution < 1.29 is 55.4 Å². The van der Waals surface area contributed by atoms with Gasteiger partial charge in [-0.15, -0.1) is 0 Å². The molecule has 0 spiro atoms. The van der Waals surface area contributed by atoms with Gasteiger partial charge in [0.1, 0.15) is 75.5 Å². The van der Waals surface area contributed by atoms with E-state index in [9.17, 15) is 46.0 Å². The van der Waals surface area contributed by atoms with Crippen LogP contribution in [0.25, 0.3) is 0 Å². The normalized spacial score (nSPS) is 22.7. The zero-order valence-electron chi connectivity index (χ0n) is 36.3. The number of hydrogen-bond acceptors (Lipinski definition) is 11. The zero-order chi connectivity index (χ0) is 46.9. The Morgan fingerprint density at radius 1 is 0.324 bits per heavy atom. The van der Waals surface area contributed by atoms with Gasteiger partial charge in [-0.3, -0.25) is 0 Å². The molecule has 0 aromatic heterocycles. The van der Waals surface area contributed by atoms with Crippen molar-refractivity contribution in [1.29, 1.82) is 0 Å². The molecular weight excluding hydrogens is 861 g/mol. The lowest BCUT2D eigenvalue weighted by Gasteiger charge is -2.40. The van der Waals surface area contributed by atoms with E-state index in [-0.39, 0.29) is 51.7 Å². The van der Waals surface area contributed by atoms with Gasteiger partial charge in [0.2, 0.25) is 0 Å². The van der Waals surface area contributed by atoms with Gasteiger partial charge in [-0.1, -0.05) is 54.6 Å². The van der Waals surface area contributed by atoms with Gasteiger partial charge in [0.15, 0.2) is 0 Å². The molecule has 0 saturated carbocycles. The highest BCUT2D eigenvalue weighted by Crippen LogP contribution is 2.69. The molecular formula is C57H44O11. The molecule has 0 radical (unpaired) electrons. The van der Waals surface area contributed by atoms with Crippen LogP contribution < -0.4 is 9.47 Å². The number of phenolic OH excluding ortho intramolecular Hbond substituents is 9. The number of ether oxygens (including phenoxy) is 2. The maximum Gasteiger partial charge on any atom is 0.135 e. The fraction of sp³-hybridized carbons (Fsp3) is 0.158. The van der Waals surface area contributed by atoms with Crippen molar-refractivity contribution in [1.82, 2.24) is 0 Å². The van der Waals surface area contributed by atoms with Gasteiger partial charge in [-0.05, 0) is 130 Å². The summed E-state index contributed by atoms with van der Waals surface area (Å²) in [6.07, 6.45) is -1.50. The maximum absolute atomic E-state index is 12.7. The molecule has 0 fully saturated rings. The van der Waals surface area contributed by atoms with E-state index >= 15 is 0 Å². The van der Waals surface area contributed by atoms with Gasteiger partial charge in [-0.25, -0.2) is 0 Å². The molecule has 0 bridgehead atoms. The molecule has 8 atom stereocenters. The van der Waals surface area contributed by atoms with Crippen molar-refractivity contribution in [2.45, 2.75) is 54.6 Å². The van der Waals surface area contributed by atoms with Crippen molar-refractivity contribution >= 4 is 0 Å². The molecule has 2 heterocycles. The first-order valence-electron chi connectivity index (χ1n) is 22.4. The minimum absolute atomic E-state index is 0.00146. The van der Waals surface area contributed by atoms with E-state index in [2.05, 4.69) is 0 Å². The first-order chi connectivity index (χ1) is 32.8. The lowest BCUT2D eigenvalue weighted by atomic mass is 9.62. The van der Waals surface area contributed by atoms with Crippen LogP contribution in [0.1, 0.15) is 120 Å². The Balaban J connectivity index is 1.25. The topological polar surface area (TPSA) is 201 Å². The van der Waals surface area contributed by atoms with Crippen LogP contribution in [-0.4, -0.2) is 46.0 Å². The minimum Gasteiger partial charge on any atom is -0.508 e. The quantitative estimate of drug-likeness (QED) is 0.0796. The molecule has 4 aliphatic rings. The summed E-state index contributed by atoms with van der Waals surface area (Å²) < 4.78 is 13.8. The van der Waals surface area contributed by atoms with Crippen molar-refractivity contribution in [3.05, 3.63) is 218 Å². The van der Waals surface area contributed by atoms with Gasteiger partial charge in [0, 0.05) is 64.1 Å². The first-order valence-corrected chi connectivity index (χ1v) is 22.4. The van der Waals surface area contributed by atoms with Crippen molar-refractivity contribution in [3.8, 4) is 63.2 Å². The van der Waals surface area contributed by atoms with E-state index in [1.54, 1.807) is 127 Å². The minimum atomic E-state index is -0.875. The summed E-state index contributed by atoms with van der Waals surface area (Å²) in [6.45, 7) is 1.90. The Kier molecular flexibility index (Phi) is 9.08. The van der Waals surface area contributed by atoms with E-state index < -0.39 is 47.7 Å². The molecule has 12 rings (SSSR count). The first kappa shape index (κ1) is 41.0. The van der Waals surface area contributed by atoms with Crippen molar-refractivity contribution in [3.63, 3.8) is 0 Å². The second-order valence-corrected chi connectivity index (χ2v) is 18.6. The second-order valence-electron chi connectivity index (χ2n) is 18.6. The average Bonchev–Trinajstić information content (AvgIpc) is 3.80. The third-order valence-corrected chi connectivity index (χ3v) is 14.6. The van der Waals surface area contributed by atoms with Crippen LogP contribution in [0.5, 0.6) is 63.2 Å². The van der Waals surface area contributed by atoms with E-state index in [1.807, 2.05) is 19.1 Å². The summed E-state index contributed by atoms with van der Waals surface area (Å²) in [4.78, 5) is 0. The number of aryl methyl sites for hydroxylation is 1. The number of phenols is 9. The van der Waals surface area contributed by atoms with Crippen molar-refractivity contribution in [2.24, 2.45) is 0 Å². The largest absolute Gasteiger partial charge is 0.508 e. The van der Waals surface area contributed by atoms with Crippen LogP contribution in [-0.2, 0) is 0 Å². The van der Waals surface area contributed by atoms with Crippen LogP contribution in [0.15, 0.2) is 146 Å². The Labute approximate surface area is 389 Å². The molecule has 0 saturated heterocycles. The lowest BCUT2D eigenvalue weighted by Crippen LogP contribution is -2.26. The SMILES string of the molecule is Cc1cc(O)c2c(c1)[C@@H]1c3c(cc(O)cc3[C@H]([C@@H]3c4cc(O)cc5c4[C@@H](c4cc(O)cc(O)c4[C@H]3c3ccc(O)cc3)[C@H](c3ccc(O)cc3)O5)[C@@H]2c2cccc(O)c2)O[C@H]1c1ccc(O)cc1. The van der Waals surface area contributed by atoms with Crippen LogP contribution in [0, 0.1) is 6.92 Å². The molecule has 8 aromatic rings. The highest BCUT2D eigenvalue weighted by Gasteiger charge is 2.55. The smallest absolute Gasteiger partial charge is 0.135 e. The molecule has 0 unspecified atom stereocenters. The number of fused-ring (bicyclic) bond motifs is 4. The monoisotopic (exact) mass is 904 g/mol. The van der Waals surface area contributed by atoms with E-state index in [0.29, 0.717) is 61.6 Å². The van der Waals surface area contributed by atoms with Gasteiger partial charge < -0.3 is 55.4 Å². The second kappa shape index (κ2) is 15.0. The Hall–Kier alpha value is -8.44. The summed E-state index contributed by atoms with van der Waals surface area (Å²) >= 11 is 0. The maximum atomic E-state index is 12.7. The molecule has 8 aromatic carbocycles. The number of rotatable bonds is 5. The summed E-state index contributed by atoms with van der Waals surface area (Å²) in [6, 6.07) is 40.1. The highest BCUT2D eigenvalue weighted by atomic mass is 16.5. The lowest BCUT2D eigenvalue weighted by molar-refractivity contribution is 0.221. The molecule has 68 heavy (non-hydrogen) atoms. The van der Waals surface area contributed by atoms with Crippen LogP contribution in [0.3, 0.4) is 0 Å². The number of hydrogen-bond donors (Lipinski definition) is 9. The molecule has 11 nitrogen and oxygen atoms in total. The van der Waals surface area contributed by atoms with E-state index in [4.69, 9.17) is 9.47 Å². The van der Waals surface area contributed by atoms with Gasteiger partial charge in [0.25, 0.3) is 0 Å². The summed E-state index contributed by atoms with van der Waals surface area (Å²) in [5.74, 6) is -4.60. The Morgan fingerprint density at radius 2 is 0.750 bits per heavy atom.